The highest BCUT2D eigenvalue weighted by atomic mass is 16.6. The average molecular weight is 845 g/mol. The molecule has 0 saturated heterocycles. The van der Waals surface area contributed by atoms with Crippen LogP contribution in [0, 0.1) is 0 Å². The summed E-state index contributed by atoms with van der Waals surface area (Å²) >= 11 is 0. The van der Waals surface area contributed by atoms with Crippen LogP contribution in [0.2, 0.25) is 0 Å². The van der Waals surface area contributed by atoms with Crippen LogP contribution >= 0.6 is 0 Å². The van der Waals surface area contributed by atoms with Crippen LogP contribution in [-0.4, -0.2) is 37.2 Å². The number of allylic oxidation sites excluding steroid dienone is 18. The van der Waals surface area contributed by atoms with Crippen molar-refractivity contribution < 1.29 is 28.6 Å². The highest BCUT2D eigenvalue weighted by Crippen LogP contribution is 2.14. The Morgan fingerprint density at radius 2 is 0.738 bits per heavy atom. The molecule has 0 amide bonds. The molecule has 0 aliphatic carbocycles. The molecule has 0 fully saturated rings. The van der Waals surface area contributed by atoms with E-state index < -0.39 is 6.10 Å². The smallest absolute Gasteiger partial charge is 0.306 e. The summed E-state index contributed by atoms with van der Waals surface area (Å²) in [6, 6.07) is 0. The Morgan fingerprint density at radius 1 is 0.361 bits per heavy atom. The minimum Gasteiger partial charge on any atom is -0.462 e. The van der Waals surface area contributed by atoms with Crippen molar-refractivity contribution in [2.45, 2.75) is 207 Å². The van der Waals surface area contributed by atoms with Crippen LogP contribution < -0.4 is 0 Å². The molecule has 0 N–H and O–H groups in total. The zero-order chi connectivity index (χ0) is 44.4. The first-order valence-electron chi connectivity index (χ1n) is 24.5. The van der Waals surface area contributed by atoms with Crippen molar-refractivity contribution >= 4 is 17.9 Å². The standard InChI is InChI=1S/C55H88O6/c1-4-7-10-13-16-19-22-25-27-28-31-33-36-39-42-45-48-54(57)60-51-52(50-59-53(56)47-44-41-38-35-32-29-24-21-18-15-12-9-6-3)61-55(58)49-46-43-40-37-34-30-26-23-20-17-14-11-8-5-2/h7,9-10,12,15-16,18-19,21,24-25,27,29,31-33,35,38,52H,4-6,8,11,13-14,17,20,22-23,26,28,30,34,36-37,39-51H2,1-3H3/b10-7+,12-9+,18-15+,19-16+,24-21+,27-25+,32-29+,33-31+,38-35+. The molecule has 344 valence electrons. The van der Waals surface area contributed by atoms with Crippen LogP contribution in [0.4, 0.5) is 0 Å². The molecule has 0 aliphatic rings. The van der Waals surface area contributed by atoms with E-state index in [9.17, 15) is 14.4 Å². The molecule has 0 bridgehead atoms. The lowest BCUT2D eigenvalue weighted by Gasteiger charge is -2.18. The second-order valence-electron chi connectivity index (χ2n) is 15.7. The van der Waals surface area contributed by atoms with Crippen LogP contribution in [0.1, 0.15) is 201 Å². The third kappa shape index (κ3) is 47.0. The monoisotopic (exact) mass is 845 g/mol. The summed E-state index contributed by atoms with van der Waals surface area (Å²) in [5.74, 6) is -1.03. The highest BCUT2D eigenvalue weighted by molar-refractivity contribution is 5.71. The Morgan fingerprint density at radius 3 is 1.25 bits per heavy atom. The van der Waals surface area contributed by atoms with Crippen molar-refractivity contribution in [1.82, 2.24) is 0 Å². The van der Waals surface area contributed by atoms with Gasteiger partial charge in [-0.2, -0.15) is 0 Å². The second-order valence-corrected chi connectivity index (χ2v) is 15.7. The van der Waals surface area contributed by atoms with Gasteiger partial charge in [0.15, 0.2) is 6.10 Å². The summed E-state index contributed by atoms with van der Waals surface area (Å²) in [5.41, 5.74) is 0. The van der Waals surface area contributed by atoms with Gasteiger partial charge in [-0.3, -0.25) is 14.4 Å². The molecule has 0 spiro atoms. The predicted octanol–water partition coefficient (Wildman–Crippen LogP) is 16.0. The molecular weight excluding hydrogens is 757 g/mol. The molecule has 0 saturated carbocycles. The normalized spacial score (nSPS) is 13.0. The van der Waals surface area contributed by atoms with E-state index in [4.69, 9.17) is 14.2 Å². The number of unbranched alkanes of at least 4 members (excludes halogenated alkanes) is 17. The zero-order valence-electron chi connectivity index (χ0n) is 39.1. The molecule has 0 aliphatic heterocycles. The number of hydrogen-bond acceptors (Lipinski definition) is 6. The molecule has 1 atom stereocenters. The van der Waals surface area contributed by atoms with Crippen LogP contribution in [0.5, 0.6) is 0 Å². The van der Waals surface area contributed by atoms with E-state index in [1.165, 1.54) is 70.6 Å². The summed E-state index contributed by atoms with van der Waals surface area (Å²) in [7, 11) is 0. The Balaban J connectivity index is 4.55. The first kappa shape index (κ1) is 57.1. The molecule has 0 aromatic rings. The van der Waals surface area contributed by atoms with E-state index in [0.29, 0.717) is 19.3 Å². The third-order valence-corrected chi connectivity index (χ3v) is 9.90. The molecule has 0 aromatic heterocycles. The molecule has 6 nitrogen and oxygen atoms in total. The lowest BCUT2D eigenvalue weighted by molar-refractivity contribution is -0.167. The van der Waals surface area contributed by atoms with E-state index in [0.717, 1.165) is 83.5 Å². The van der Waals surface area contributed by atoms with E-state index in [1.807, 2.05) is 54.7 Å². The number of hydrogen-bond donors (Lipinski definition) is 0. The average Bonchev–Trinajstić information content (AvgIpc) is 3.26. The fourth-order valence-corrected chi connectivity index (χ4v) is 6.29. The maximum absolute atomic E-state index is 12.8. The Bertz CT molecular complexity index is 1290. The topological polar surface area (TPSA) is 78.9 Å². The van der Waals surface area contributed by atoms with E-state index >= 15 is 0 Å². The van der Waals surface area contributed by atoms with Crippen LogP contribution in [0.3, 0.4) is 0 Å². The molecule has 0 rings (SSSR count). The van der Waals surface area contributed by atoms with Crippen molar-refractivity contribution in [3.8, 4) is 0 Å². The number of carbonyl (C=O) groups excluding carboxylic acids is 3. The Kier molecular flexibility index (Phi) is 45.6. The molecular formula is C55H88O6. The maximum Gasteiger partial charge on any atom is 0.306 e. The van der Waals surface area contributed by atoms with Gasteiger partial charge in [0, 0.05) is 19.3 Å². The summed E-state index contributed by atoms with van der Waals surface area (Å²) in [6.07, 6.45) is 65.1. The van der Waals surface area contributed by atoms with Gasteiger partial charge < -0.3 is 14.2 Å². The van der Waals surface area contributed by atoms with Gasteiger partial charge >= 0.3 is 17.9 Å². The third-order valence-electron chi connectivity index (χ3n) is 9.90. The van der Waals surface area contributed by atoms with Gasteiger partial charge in [-0.15, -0.1) is 0 Å². The van der Waals surface area contributed by atoms with Gasteiger partial charge in [0.25, 0.3) is 0 Å². The minimum absolute atomic E-state index is 0.118. The number of esters is 3. The SMILES string of the molecule is CC/C=C/C=C/C=C/C=C/C=C/CCCC(=O)OCC(COC(=O)CCCCC/C=C/C/C=C/C/C=C/C/C=C/CC)OC(=O)CCCCCCCCCCCCCCCC. The van der Waals surface area contributed by atoms with Gasteiger partial charge in [-0.05, 0) is 70.6 Å². The van der Waals surface area contributed by atoms with Crippen molar-refractivity contribution in [3.63, 3.8) is 0 Å². The van der Waals surface area contributed by atoms with Crippen molar-refractivity contribution in [2.75, 3.05) is 13.2 Å². The van der Waals surface area contributed by atoms with Crippen molar-refractivity contribution in [3.05, 3.63) is 109 Å². The molecule has 61 heavy (non-hydrogen) atoms. The number of rotatable bonds is 42. The van der Waals surface area contributed by atoms with Crippen LogP contribution in [0.25, 0.3) is 0 Å². The summed E-state index contributed by atoms with van der Waals surface area (Å²) in [4.78, 5) is 37.9. The molecule has 6 heteroatoms. The predicted molar refractivity (Wildman–Crippen MR) is 260 cm³/mol. The number of carbonyl (C=O) groups is 3. The van der Waals surface area contributed by atoms with E-state index in [-0.39, 0.29) is 37.5 Å². The van der Waals surface area contributed by atoms with Crippen LogP contribution in [-0.2, 0) is 28.6 Å². The summed E-state index contributed by atoms with van der Waals surface area (Å²) < 4.78 is 16.7. The Labute approximate surface area is 374 Å². The van der Waals surface area contributed by atoms with Gasteiger partial charge in [0.1, 0.15) is 13.2 Å². The Hall–Kier alpha value is -3.93. The highest BCUT2D eigenvalue weighted by Gasteiger charge is 2.19. The quantitative estimate of drug-likeness (QED) is 0.0200. The summed E-state index contributed by atoms with van der Waals surface area (Å²) in [5, 5.41) is 0. The first-order valence-corrected chi connectivity index (χ1v) is 24.5. The van der Waals surface area contributed by atoms with E-state index in [1.54, 1.807) is 0 Å². The molecule has 1 unspecified atom stereocenters. The largest absolute Gasteiger partial charge is 0.462 e. The fourth-order valence-electron chi connectivity index (χ4n) is 6.29. The lowest BCUT2D eigenvalue weighted by atomic mass is 10.0. The minimum atomic E-state index is -0.819. The van der Waals surface area contributed by atoms with Gasteiger partial charge in [0.05, 0.1) is 0 Å². The lowest BCUT2D eigenvalue weighted by Crippen LogP contribution is -2.30. The first-order chi connectivity index (χ1) is 30.0. The van der Waals surface area contributed by atoms with E-state index in [2.05, 4.69) is 75.5 Å². The number of ether oxygens (including phenoxy) is 3. The molecule has 0 heterocycles. The second kappa shape index (κ2) is 48.7. The van der Waals surface area contributed by atoms with Crippen molar-refractivity contribution in [2.24, 2.45) is 0 Å². The molecule has 0 aromatic carbocycles. The zero-order valence-corrected chi connectivity index (χ0v) is 39.1. The van der Waals surface area contributed by atoms with Crippen LogP contribution in [0.15, 0.2) is 109 Å². The van der Waals surface area contributed by atoms with Gasteiger partial charge in [-0.1, -0.05) is 220 Å². The maximum atomic E-state index is 12.8. The van der Waals surface area contributed by atoms with Crippen molar-refractivity contribution in [1.29, 1.82) is 0 Å². The summed E-state index contributed by atoms with van der Waals surface area (Å²) in [6.45, 7) is 6.27. The van der Waals surface area contributed by atoms with Gasteiger partial charge in [0.2, 0.25) is 0 Å². The van der Waals surface area contributed by atoms with Gasteiger partial charge in [-0.25, -0.2) is 0 Å². The fraction of sp³-hybridized carbons (Fsp3) is 0.618. The molecule has 0 radical (unpaired) electrons.